The summed E-state index contributed by atoms with van der Waals surface area (Å²) < 4.78 is 8.13. The fraction of sp³-hybridized carbons (Fsp3) is 0.667. The minimum atomic E-state index is -2.39. The van der Waals surface area contributed by atoms with E-state index in [0.717, 1.165) is 6.54 Å². The third-order valence-corrected chi connectivity index (χ3v) is 11.9. The van der Waals surface area contributed by atoms with E-state index in [0.29, 0.717) is 4.22 Å². The molecule has 1 aliphatic rings. The summed E-state index contributed by atoms with van der Waals surface area (Å²) in [7, 11) is 11.2. The molecular formula is C12H25N3Ti. The van der Waals surface area contributed by atoms with Crippen LogP contribution in [0.15, 0.2) is 24.3 Å². The first-order valence-electron chi connectivity index (χ1n) is 5.89. The maximum atomic E-state index is 2.57. The molecule has 0 aromatic heterocycles. The number of allylic oxidation sites excluding steroid dienone is 4. The quantitative estimate of drug-likeness (QED) is 0.698. The Morgan fingerprint density at radius 2 is 1.38 bits per heavy atom. The fourth-order valence-electron chi connectivity index (χ4n) is 2.86. The molecule has 0 aromatic rings. The van der Waals surface area contributed by atoms with E-state index in [9.17, 15) is 0 Å². The van der Waals surface area contributed by atoms with Gasteiger partial charge in [0.15, 0.2) is 0 Å². The van der Waals surface area contributed by atoms with Gasteiger partial charge in [0.1, 0.15) is 0 Å². The van der Waals surface area contributed by atoms with Crippen molar-refractivity contribution >= 4 is 0 Å². The van der Waals surface area contributed by atoms with Crippen molar-refractivity contribution < 1.29 is 17.4 Å². The van der Waals surface area contributed by atoms with Crippen LogP contribution in [0.25, 0.3) is 0 Å². The zero-order valence-corrected chi connectivity index (χ0v) is 13.0. The molecule has 16 heavy (non-hydrogen) atoms. The van der Waals surface area contributed by atoms with Crippen molar-refractivity contribution in [3.8, 4) is 0 Å². The normalized spacial score (nSPS) is 17.3. The van der Waals surface area contributed by atoms with Gasteiger partial charge in [-0.1, -0.05) is 0 Å². The Kier molecular flexibility index (Phi) is 4.96. The zero-order valence-electron chi connectivity index (χ0n) is 11.4. The van der Waals surface area contributed by atoms with Crippen LogP contribution in [0.2, 0.25) is 4.22 Å². The monoisotopic (exact) mass is 259 g/mol. The SMILES string of the molecule is CC[N](C)[Ti]([CH]1C=CC=C1)([N](C)C)[N](C)C. The van der Waals surface area contributed by atoms with Crippen LogP contribution in [-0.4, -0.2) is 51.9 Å². The number of nitrogens with zero attached hydrogens (tertiary/aromatic N) is 3. The van der Waals surface area contributed by atoms with E-state index in [4.69, 9.17) is 0 Å². The second kappa shape index (κ2) is 5.61. The maximum absolute atomic E-state index is 2.57. The average molecular weight is 259 g/mol. The molecular weight excluding hydrogens is 234 g/mol. The number of rotatable bonds is 5. The molecule has 0 radical (unpaired) electrons. The zero-order chi connectivity index (χ0) is 12.3. The topological polar surface area (TPSA) is 9.72 Å². The molecule has 0 N–H and O–H groups in total. The van der Waals surface area contributed by atoms with Crippen molar-refractivity contribution in [1.82, 2.24) is 10.1 Å². The molecule has 0 aromatic carbocycles. The Morgan fingerprint density at radius 3 is 1.69 bits per heavy atom. The molecule has 4 heteroatoms. The molecule has 0 saturated heterocycles. The molecule has 3 nitrogen and oxygen atoms in total. The van der Waals surface area contributed by atoms with Crippen LogP contribution in [0, 0.1) is 0 Å². The van der Waals surface area contributed by atoms with E-state index in [-0.39, 0.29) is 0 Å². The molecule has 0 unspecified atom stereocenters. The van der Waals surface area contributed by atoms with Crippen LogP contribution in [0.5, 0.6) is 0 Å². The molecule has 0 spiro atoms. The summed E-state index contributed by atoms with van der Waals surface area (Å²) in [4.78, 5) is 0. The van der Waals surface area contributed by atoms with Gasteiger partial charge in [0, 0.05) is 0 Å². The van der Waals surface area contributed by atoms with Gasteiger partial charge in [0.2, 0.25) is 0 Å². The van der Waals surface area contributed by atoms with Gasteiger partial charge in [-0.15, -0.1) is 0 Å². The molecule has 0 aliphatic heterocycles. The first-order valence-corrected chi connectivity index (χ1v) is 8.88. The van der Waals surface area contributed by atoms with E-state index in [1.54, 1.807) is 0 Å². The van der Waals surface area contributed by atoms with Gasteiger partial charge in [-0.3, -0.25) is 0 Å². The molecule has 0 atom stereocenters. The third-order valence-electron chi connectivity index (χ3n) is 3.55. The second-order valence-corrected chi connectivity index (χ2v) is 12.0. The van der Waals surface area contributed by atoms with Gasteiger partial charge < -0.3 is 0 Å². The van der Waals surface area contributed by atoms with Gasteiger partial charge in [-0.25, -0.2) is 0 Å². The molecule has 0 amide bonds. The minimum absolute atomic E-state index is 0.593. The van der Waals surface area contributed by atoms with E-state index in [2.05, 4.69) is 76.6 Å². The van der Waals surface area contributed by atoms with Gasteiger partial charge in [0.25, 0.3) is 0 Å². The first kappa shape index (κ1) is 14.1. The van der Waals surface area contributed by atoms with Crippen molar-refractivity contribution in [2.24, 2.45) is 0 Å². The summed E-state index contributed by atoms with van der Waals surface area (Å²) in [5, 5.41) is 0. The molecule has 1 aliphatic carbocycles. The van der Waals surface area contributed by atoms with Crippen molar-refractivity contribution in [3.05, 3.63) is 24.3 Å². The second-order valence-electron chi connectivity index (χ2n) is 4.79. The van der Waals surface area contributed by atoms with Gasteiger partial charge in [-0.2, -0.15) is 0 Å². The molecule has 1 rings (SSSR count). The molecule has 0 bridgehead atoms. The van der Waals surface area contributed by atoms with Gasteiger partial charge in [-0.05, 0) is 0 Å². The van der Waals surface area contributed by atoms with E-state index in [1.165, 1.54) is 0 Å². The molecule has 92 valence electrons. The summed E-state index contributed by atoms with van der Waals surface area (Å²) in [5.41, 5.74) is 0. The summed E-state index contributed by atoms with van der Waals surface area (Å²) >= 11 is -2.39. The van der Waals surface area contributed by atoms with E-state index >= 15 is 0 Å². The van der Waals surface area contributed by atoms with Crippen LogP contribution >= 0.6 is 0 Å². The Balaban J connectivity index is 3.16. The average Bonchev–Trinajstić information content (AvgIpc) is 2.71. The van der Waals surface area contributed by atoms with Crippen LogP contribution < -0.4 is 0 Å². The molecule has 0 heterocycles. The Hall–Kier alpha value is 0.0743. The van der Waals surface area contributed by atoms with Crippen LogP contribution in [0.1, 0.15) is 6.92 Å². The molecule has 0 saturated carbocycles. The van der Waals surface area contributed by atoms with Crippen LogP contribution in [0.3, 0.4) is 0 Å². The Morgan fingerprint density at radius 1 is 0.938 bits per heavy atom. The summed E-state index contributed by atoms with van der Waals surface area (Å²) in [5.74, 6) is 0. The van der Waals surface area contributed by atoms with Gasteiger partial charge >= 0.3 is 105 Å². The Labute approximate surface area is 105 Å². The fourth-order valence-corrected chi connectivity index (χ4v) is 10.8. The van der Waals surface area contributed by atoms with E-state index in [1.807, 2.05) is 0 Å². The van der Waals surface area contributed by atoms with E-state index < -0.39 is 17.4 Å². The summed E-state index contributed by atoms with van der Waals surface area (Å²) in [6.45, 7) is 3.35. The number of hydrogen-bond donors (Lipinski definition) is 0. The van der Waals surface area contributed by atoms with Crippen molar-refractivity contribution in [2.45, 2.75) is 11.1 Å². The Bertz CT molecular complexity index is 264. The molecule has 0 fully saturated rings. The predicted octanol–water partition coefficient (Wildman–Crippen LogP) is 1.87. The van der Waals surface area contributed by atoms with Crippen LogP contribution in [0.4, 0.5) is 0 Å². The standard InChI is InChI=1S/C5H5.C3H8N.2C2H6N.Ti/c1-2-4-5-3-1;1-3-4-2;2*1-3-2;/h1-5H;3H2,1-2H3;2*1-2H3;/q;3*-1;+3. The first-order chi connectivity index (χ1) is 7.47. The van der Waals surface area contributed by atoms with Crippen molar-refractivity contribution in [1.29, 1.82) is 0 Å². The third kappa shape index (κ3) is 2.20. The number of hydrogen-bond acceptors (Lipinski definition) is 3. The van der Waals surface area contributed by atoms with Crippen LogP contribution in [-0.2, 0) is 17.4 Å². The van der Waals surface area contributed by atoms with Gasteiger partial charge in [0.05, 0.1) is 0 Å². The van der Waals surface area contributed by atoms with Crippen molar-refractivity contribution in [2.75, 3.05) is 41.8 Å². The van der Waals surface area contributed by atoms with Crippen molar-refractivity contribution in [3.63, 3.8) is 0 Å². The summed E-state index contributed by atoms with van der Waals surface area (Å²) in [6.07, 6.45) is 9.07. The predicted molar refractivity (Wildman–Crippen MR) is 67.7 cm³/mol. The summed E-state index contributed by atoms with van der Waals surface area (Å²) in [6, 6.07) is 0.